The van der Waals surface area contributed by atoms with Crippen LogP contribution in [0.4, 0.5) is 0 Å². The zero-order valence-electron chi connectivity index (χ0n) is 11.9. The SMILES string of the molecule is CCOC(=O)C1(CN)C(c2ccc(Cl)cc2)C1S(C)(=O)=O. The van der Waals surface area contributed by atoms with Crippen molar-refractivity contribution in [3.63, 3.8) is 0 Å². The van der Waals surface area contributed by atoms with Crippen LogP contribution in [-0.2, 0) is 19.4 Å². The highest BCUT2D eigenvalue weighted by atomic mass is 35.5. The fraction of sp³-hybridized carbons (Fsp3) is 0.500. The quantitative estimate of drug-likeness (QED) is 0.823. The molecule has 0 heterocycles. The Labute approximate surface area is 129 Å². The minimum Gasteiger partial charge on any atom is -0.465 e. The third-order valence-electron chi connectivity index (χ3n) is 3.94. The summed E-state index contributed by atoms with van der Waals surface area (Å²) in [5.74, 6) is -1.04. The predicted molar refractivity (Wildman–Crippen MR) is 80.9 cm³/mol. The summed E-state index contributed by atoms with van der Waals surface area (Å²) in [6.07, 6.45) is 1.12. The van der Waals surface area contributed by atoms with Gasteiger partial charge in [0, 0.05) is 23.7 Å². The van der Waals surface area contributed by atoms with Crippen molar-refractivity contribution in [3.05, 3.63) is 34.9 Å². The standard InChI is InChI=1S/C14H18ClNO4S/c1-3-20-13(17)14(8-16)11(12(14)21(2,18)19)9-4-6-10(15)7-5-9/h4-7,11-12H,3,8,16H2,1-2H3. The van der Waals surface area contributed by atoms with Gasteiger partial charge in [0.05, 0.1) is 11.9 Å². The molecule has 7 heteroatoms. The second-order valence-corrected chi connectivity index (χ2v) is 7.85. The lowest BCUT2D eigenvalue weighted by atomic mass is 9.99. The molecule has 1 aliphatic carbocycles. The number of carbonyl (C=O) groups is 1. The second kappa shape index (κ2) is 5.59. The van der Waals surface area contributed by atoms with E-state index in [1.54, 1.807) is 31.2 Å². The molecule has 1 saturated carbocycles. The minimum atomic E-state index is -3.43. The van der Waals surface area contributed by atoms with Crippen LogP contribution >= 0.6 is 11.6 Å². The van der Waals surface area contributed by atoms with E-state index < -0.39 is 32.4 Å². The van der Waals surface area contributed by atoms with Crippen molar-refractivity contribution in [1.29, 1.82) is 0 Å². The second-order valence-electron chi connectivity index (χ2n) is 5.24. The van der Waals surface area contributed by atoms with Crippen molar-refractivity contribution in [1.82, 2.24) is 0 Å². The highest BCUT2D eigenvalue weighted by Gasteiger charge is 2.74. The molecule has 3 atom stereocenters. The fourth-order valence-corrected chi connectivity index (χ4v) is 5.06. The van der Waals surface area contributed by atoms with Gasteiger partial charge >= 0.3 is 5.97 Å². The van der Waals surface area contributed by atoms with E-state index in [4.69, 9.17) is 22.1 Å². The third-order valence-corrected chi connectivity index (χ3v) is 5.81. The van der Waals surface area contributed by atoms with E-state index in [9.17, 15) is 13.2 Å². The van der Waals surface area contributed by atoms with Crippen LogP contribution in [0.3, 0.4) is 0 Å². The van der Waals surface area contributed by atoms with Crippen LogP contribution in [0.2, 0.25) is 5.02 Å². The number of benzene rings is 1. The Morgan fingerprint density at radius 2 is 1.95 bits per heavy atom. The minimum absolute atomic E-state index is 0.0726. The first-order chi connectivity index (χ1) is 9.79. The monoisotopic (exact) mass is 331 g/mol. The number of hydrogen-bond donors (Lipinski definition) is 1. The smallest absolute Gasteiger partial charge is 0.315 e. The van der Waals surface area contributed by atoms with Gasteiger partial charge in [-0.3, -0.25) is 4.79 Å². The number of ether oxygens (including phenoxy) is 1. The van der Waals surface area contributed by atoms with Crippen LogP contribution in [0.5, 0.6) is 0 Å². The number of carbonyl (C=O) groups excluding carboxylic acids is 1. The summed E-state index contributed by atoms with van der Waals surface area (Å²) in [5.41, 5.74) is 5.29. The van der Waals surface area contributed by atoms with E-state index in [1.165, 1.54) is 0 Å². The first kappa shape index (κ1) is 16.3. The van der Waals surface area contributed by atoms with Gasteiger partial charge in [-0.2, -0.15) is 0 Å². The maximum absolute atomic E-state index is 12.3. The van der Waals surface area contributed by atoms with Gasteiger partial charge in [-0.15, -0.1) is 0 Å². The number of rotatable bonds is 5. The van der Waals surface area contributed by atoms with Gasteiger partial charge in [0.25, 0.3) is 0 Å². The first-order valence-corrected chi connectivity index (χ1v) is 8.94. The average Bonchev–Trinajstić information content (AvgIpc) is 3.10. The molecule has 0 amide bonds. The largest absolute Gasteiger partial charge is 0.465 e. The molecule has 0 spiro atoms. The molecular weight excluding hydrogens is 314 g/mol. The summed E-state index contributed by atoms with van der Waals surface area (Å²) in [4.78, 5) is 12.3. The van der Waals surface area contributed by atoms with Gasteiger partial charge in [0.15, 0.2) is 9.84 Å². The molecule has 21 heavy (non-hydrogen) atoms. The molecule has 5 nitrogen and oxygen atoms in total. The van der Waals surface area contributed by atoms with Gasteiger partial charge in [-0.1, -0.05) is 23.7 Å². The van der Waals surface area contributed by atoms with Gasteiger partial charge in [0.2, 0.25) is 0 Å². The molecular formula is C14H18ClNO4S. The molecule has 0 aromatic heterocycles. The Balaban J connectivity index is 2.47. The van der Waals surface area contributed by atoms with Crippen LogP contribution in [0.25, 0.3) is 0 Å². The molecule has 1 aliphatic rings. The van der Waals surface area contributed by atoms with E-state index in [-0.39, 0.29) is 13.2 Å². The average molecular weight is 332 g/mol. The van der Waals surface area contributed by atoms with E-state index in [0.29, 0.717) is 5.02 Å². The first-order valence-electron chi connectivity index (χ1n) is 6.60. The molecule has 0 bridgehead atoms. The lowest BCUT2D eigenvalue weighted by Gasteiger charge is -2.14. The maximum Gasteiger partial charge on any atom is 0.315 e. The highest BCUT2D eigenvalue weighted by Crippen LogP contribution is 2.62. The number of nitrogens with two attached hydrogens (primary N) is 1. The molecule has 1 aromatic rings. The molecule has 0 saturated heterocycles. The van der Waals surface area contributed by atoms with Crippen LogP contribution in [0.15, 0.2) is 24.3 Å². The Kier molecular flexibility index (Phi) is 4.33. The normalized spacial score (nSPS) is 28.2. The van der Waals surface area contributed by atoms with E-state index in [2.05, 4.69) is 0 Å². The lowest BCUT2D eigenvalue weighted by Crippen LogP contribution is -2.33. The Morgan fingerprint density at radius 1 is 1.38 bits per heavy atom. The maximum atomic E-state index is 12.3. The van der Waals surface area contributed by atoms with Crippen molar-refractivity contribution >= 4 is 27.4 Å². The van der Waals surface area contributed by atoms with Crippen molar-refractivity contribution in [2.75, 3.05) is 19.4 Å². The molecule has 3 unspecified atom stereocenters. The molecule has 0 radical (unpaired) electrons. The summed E-state index contributed by atoms with van der Waals surface area (Å²) in [6.45, 7) is 1.79. The predicted octanol–water partition coefficient (Wildman–Crippen LogP) is 1.36. The number of esters is 1. The molecule has 1 aromatic carbocycles. The fourth-order valence-electron chi connectivity index (χ4n) is 3.01. The summed E-state index contributed by atoms with van der Waals surface area (Å²) >= 11 is 5.85. The van der Waals surface area contributed by atoms with E-state index >= 15 is 0 Å². The number of halogens is 1. The summed E-state index contributed by atoms with van der Waals surface area (Å²) in [5, 5.41) is -0.306. The zero-order chi connectivity index (χ0) is 15.8. The van der Waals surface area contributed by atoms with Crippen molar-refractivity contribution in [3.8, 4) is 0 Å². The van der Waals surface area contributed by atoms with Crippen molar-refractivity contribution in [2.24, 2.45) is 11.1 Å². The van der Waals surface area contributed by atoms with Crippen LogP contribution in [0, 0.1) is 5.41 Å². The van der Waals surface area contributed by atoms with Crippen molar-refractivity contribution < 1.29 is 17.9 Å². The van der Waals surface area contributed by atoms with Crippen LogP contribution in [0.1, 0.15) is 18.4 Å². The zero-order valence-corrected chi connectivity index (χ0v) is 13.4. The van der Waals surface area contributed by atoms with Crippen LogP contribution < -0.4 is 5.73 Å². The molecule has 1 fully saturated rings. The van der Waals surface area contributed by atoms with Gasteiger partial charge in [-0.25, -0.2) is 8.42 Å². The molecule has 2 rings (SSSR count). The van der Waals surface area contributed by atoms with E-state index in [0.717, 1.165) is 11.8 Å². The summed E-state index contributed by atoms with van der Waals surface area (Å²) in [6, 6.07) is 6.78. The summed E-state index contributed by atoms with van der Waals surface area (Å²) in [7, 11) is -3.43. The molecule has 116 valence electrons. The van der Waals surface area contributed by atoms with Gasteiger partial charge in [-0.05, 0) is 24.6 Å². The Hall–Kier alpha value is -1.11. The van der Waals surface area contributed by atoms with Crippen LogP contribution in [-0.4, -0.2) is 39.0 Å². The third kappa shape index (κ3) is 2.67. The molecule has 0 aliphatic heterocycles. The molecule has 2 N–H and O–H groups in total. The Bertz CT molecular complexity index is 643. The van der Waals surface area contributed by atoms with E-state index in [1.807, 2.05) is 0 Å². The van der Waals surface area contributed by atoms with Gasteiger partial charge < -0.3 is 10.5 Å². The van der Waals surface area contributed by atoms with Crippen molar-refractivity contribution in [2.45, 2.75) is 18.1 Å². The summed E-state index contributed by atoms with van der Waals surface area (Å²) < 4.78 is 29.1. The Morgan fingerprint density at radius 3 is 2.38 bits per heavy atom. The topological polar surface area (TPSA) is 86.5 Å². The highest BCUT2D eigenvalue weighted by molar-refractivity contribution is 7.91. The lowest BCUT2D eigenvalue weighted by molar-refractivity contribution is -0.149. The number of sulfone groups is 1. The number of hydrogen-bond acceptors (Lipinski definition) is 5. The van der Waals surface area contributed by atoms with Gasteiger partial charge in [0.1, 0.15) is 5.41 Å².